The summed E-state index contributed by atoms with van der Waals surface area (Å²) < 4.78 is 18.4. The summed E-state index contributed by atoms with van der Waals surface area (Å²) >= 11 is 0. The van der Waals surface area contributed by atoms with Crippen molar-refractivity contribution in [1.29, 1.82) is 0 Å². The molecule has 3 nitrogen and oxygen atoms in total. The molecule has 3 aromatic rings. The van der Waals surface area contributed by atoms with Gasteiger partial charge in [0, 0.05) is 11.6 Å². The van der Waals surface area contributed by atoms with E-state index < -0.39 is 11.4 Å². The number of aryl methyl sites for hydroxylation is 1. The summed E-state index contributed by atoms with van der Waals surface area (Å²) in [5.74, 6) is -0.229. The summed E-state index contributed by atoms with van der Waals surface area (Å²) in [6.45, 7) is 1.93. The van der Waals surface area contributed by atoms with E-state index in [4.69, 9.17) is 4.42 Å². The van der Waals surface area contributed by atoms with Gasteiger partial charge < -0.3 is 4.42 Å². The van der Waals surface area contributed by atoms with E-state index in [0.29, 0.717) is 11.1 Å². The average molecular weight is 255 g/mol. The number of aromatic nitrogens is 1. The van der Waals surface area contributed by atoms with E-state index in [1.165, 1.54) is 18.2 Å². The lowest BCUT2D eigenvalue weighted by Crippen LogP contribution is -2.03. The molecule has 0 N–H and O–H groups in total. The normalized spacial score (nSPS) is 10.8. The fourth-order valence-electron chi connectivity index (χ4n) is 1.95. The van der Waals surface area contributed by atoms with Crippen LogP contribution >= 0.6 is 0 Å². The van der Waals surface area contributed by atoms with Crippen molar-refractivity contribution in [2.45, 2.75) is 6.92 Å². The summed E-state index contributed by atoms with van der Waals surface area (Å²) in [6, 6.07) is 11.3. The minimum atomic E-state index is -0.512. The first-order valence-corrected chi connectivity index (χ1v) is 5.81. The highest BCUT2D eigenvalue weighted by Gasteiger charge is 2.09. The van der Waals surface area contributed by atoms with Gasteiger partial charge in [-0.05, 0) is 31.2 Å². The van der Waals surface area contributed by atoms with Gasteiger partial charge in [-0.3, -0.25) is 0 Å². The highest BCUT2D eigenvalue weighted by atomic mass is 19.1. The summed E-state index contributed by atoms with van der Waals surface area (Å²) in [5, 5.41) is 0.276. The molecule has 0 aliphatic carbocycles. The Labute approximate surface area is 108 Å². The number of nitrogens with zero attached hydrogens (tertiary/aromatic N) is 1. The van der Waals surface area contributed by atoms with Crippen LogP contribution in [-0.4, -0.2) is 4.98 Å². The molecule has 0 aliphatic heterocycles. The number of fused-ring (bicyclic) bond motifs is 1. The molecule has 3 rings (SSSR count). The van der Waals surface area contributed by atoms with E-state index in [2.05, 4.69) is 4.98 Å². The SMILES string of the molecule is Cc1cccc(-c2nc3cc(F)ccc3c(=O)o2)c1. The minimum Gasteiger partial charge on any atom is -0.403 e. The Balaban J connectivity index is 2.28. The highest BCUT2D eigenvalue weighted by Crippen LogP contribution is 2.19. The Bertz CT molecular complexity index is 824. The van der Waals surface area contributed by atoms with Crippen molar-refractivity contribution in [3.63, 3.8) is 0 Å². The van der Waals surface area contributed by atoms with E-state index in [1.807, 2.05) is 25.1 Å². The maximum atomic E-state index is 13.2. The molecular weight excluding hydrogens is 245 g/mol. The third-order valence-corrected chi connectivity index (χ3v) is 2.86. The van der Waals surface area contributed by atoms with E-state index >= 15 is 0 Å². The largest absolute Gasteiger partial charge is 0.403 e. The number of hydrogen-bond acceptors (Lipinski definition) is 3. The molecule has 0 saturated heterocycles. The van der Waals surface area contributed by atoms with Crippen LogP contribution in [0.25, 0.3) is 22.4 Å². The molecule has 0 unspecified atom stereocenters. The molecule has 4 heteroatoms. The van der Waals surface area contributed by atoms with Gasteiger partial charge in [-0.25, -0.2) is 14.2 Å². The van der Waals surface area contributed by atoms with Crippen LogP contribution in [0.15, 0.2) is 51.7 Å². The predicted octanol–water partition coefficient (Wildman–Crippen LogP) is 3.30. The second kappa shape index (κ2) is 4.31. The molecule has 0 fully saturated rings. The first-order chi connectivity index (χ1) is 9.13. The summed E-state index contributed by atoms with van der Waals surface area (Å²) in [6.07, 6.45) is 0. The van der Waals surface area contributed by atoms with Gasteiger partial charge in [-0.15, -0.1) is 0 Å². The van der Waals surface area contributed by atoms with Gasteiger partial charge in [0.05, 0.1) is 10.9 Å². The Kier molecular flexibility index (Phi) is 2.63. The third kappa shape index (κ3) is 2.12. The van der Waals surface area contributed by atoms with Crippen LogP contribution in [0.1, 0.15) is 5.56 Å². The van der Waals surface area contributed by atoms with Gasteiger partial charge in [0.25, 0.3) is 0 Å². The van der Waals surface area contributed by atoms with Crippen molar-refractivity contribution < 1.29 is 8.81 Å². The molecule has 0 radical (unpaired) electrons. The van der Waals surface area contributed by atoms with E-state index in [-0.39, 0.29) is 11.3 Å². The molecule has 0 saturated carbocycles. The zero-order valence-corrected chi connectivity index (χ0v) is 10.2. The maximum Gasteiger partial charge on any atom is 0.347 e. The predicted molar refractivity (Wildman–Crippen MR) is 70.4 cm³/mol. The van der Waals surface area contributed by atoms with Crippen LogP contribution in [0.5, 0.6) is 0 Å². The van der Waals surface area contributed by atoms with Gasteiger partial charge >= 0.3 is 5.63 Å². The molecule has 0 spiro atoms. The lowest BCUT2D eigenvalue weighted by molar-refractivity contribution is 0.518. The molecule has 0 aliphatic rings. The summed E-state index contributed by atoms with van der Waals surface area (Å²) in [7, 11) is 0. The van der Waals surface area contributed by atoms with Crippen LogP contribution in [0.3, 0.4) is 0 Å². The van der Waals surface area contributed by atoms with Crippen LogP contribution in [0.2, 0.25) is 0 Å². The molecule has 94 valence electrons. The van der Waals surface area contributed by atoms with E-state index in [1.54, 1.807) is 6.07 Å². The molecule has 1 aromatic heterocycles. The molecule has 2 aromatic carbocycles. The van der Waals surface area contributed by atoms with Crippen molar-refractivity contribution in [3.05, 3.63) is 64.3 Å². The first-order valence-electron chi connectivity index (χ1n) is 5.81. The number of hydrogen-bond donors (Lipinski definition) is 0. The van der Waals surface area contributed by atoms with E-state index in [0.717, 1.165) is 5.56 Å². The molecule has 0 bridgehead atoms. The average Bonchev–Trinajstić information content (AvgIpc) is 2.38. The summed E-state index contributed by atoms with van der Waals surface area (Å²) in [5.41, 5.74) is 1.51. The Morgan fingerprint density at radius 3 is 2.79 bits per heavy atom. The van der Waals surface area contributed by atoms with Gasteiger partial charge in [0.15, 0.2) is 0 Å². The smallest absolute Gasteiger partial charge is 0.347 e. The molecule has 0 amide bonds. The van der Waals surface area contributed by atoms with E-state index in [9.17, 15) is 9.18 Å². The zero-order chi connectivity index (χ0) is 13.4. The Hall–Kier alpha value is -2.49. The van der Waals surface area contributed by atoms with Gasteiger partial charge in [-0.2, -0.15) is 0 Å². The van der Waals surface area contributed by atoms with Gasteiger partial charge in [0.1, 0.15) is 5.82 Å². The van der Waals surface area contributed by atoms with Gasteiger partial charge in [0.2, 0.25) is 5.89 Å². The van der Waals surface area contributed by atoms with Crippen LogP contribution in [-0.2, 0) is 0 Å². The van der Waals surface area contributed by atoms with Crippen molar-refractivity contribution >= 4 is 10.9 Å². The van der Waals surface area contributed by atoms with Crippen molar-refractivity contribution in [3.8, 4) is 11.5 Å². The second-order valence-corrected chi connectivity index (χ2v) is 4.34. The minimum absolute atomic E-state index is 0.201. The number of rotatable bonds is 1. The molecule has 19 heavy (non-hydrogen) atoms. The third-order valence-electron chi connectivity index (χ3n) is 2.86. The fourth-order valence-corrected chi connectivity index (χ4v) is 1.95. The molecule has 1 heterocycles. The summed E-state index contributed by atoms with van der Waals surface area (Å²) in [4.78, 5) is 16.0. The number of halogens is 1. The van der Waals surface area contributed by atoms with Crippen molar-refractivity contribution in [1.82, 2.24) is 4.98 Å². The maximum absolute atomic E-state index is 13.2. The number of benzene rings is 2. The highest BCUT2D eigenvalue weighted by molar-refractivity contribution is 5.78. The Morgan fingerprint density at radius 1 is 1.16 bits per heavy atom. The fraction of sp³-hybridized carbons (Fsp3) is 0.0667. The lowest BCUT2D eigenvalue weighted by Gasteiger charge is -2.02. The van der Waals surface area contributed by atoms with Crippen LogP contribution in [0, 0.1) is 12.7 Å². The zero-order valence-electron chi connectivity index (χ0n) is 10.2. The topological polar surface area (TPSA) is 43.1 Å². The second-order valence-electron chi connectivity index (χ2n) is 4.34. The lowest BCUT2D eigenvalue weighted by atomic mass is 10.1. The van der Waals surface area contributed by atoms with Crippen LogP contribution in [0.4, 0.5) is 4.39 Å². The van der Waals surface area contributed by atoms with Crippen molar-refractivity contribution in [2.75, 3.05) is 0 Å². The Morgan fingerprint density at radius 2 is 2.00 bits per heavy atom. The molecular formula is C15H10FNO2. The van der Waals surface area contributed by atoms with Gasteiger partial charge in [-0.1, -0.05) is 17.7 Å². The quantitative estimate of drug-likeness (QED) is 0.670. The molecule has 0 atom stereocenters. The van der Waals surface area contributed by atoms with Crippen LogP contribution < -0.4 is 5.63 Å². The van der Waals surface area contributed by atoms with Crippen molar-refractivity contribution in [2.24, 2.45) is 0 Å². The standard InChI is InChI=1S/C15H10FNO2/c1-9-3-2-4-10(7-9)14-17-13-8-11(16)5-6-12(13)15(18)19-14/h2-8H,1H3. The first kappa shape index (κ1) is 11.6. The monoisotopic (exact) mass is 255 g/mol.